The van der Waals surface area contributed by atoms with E-state index in [1.54, 1.807) is 25.3 Å². The van der Waals surface area contributed by atoms with E-state index in [4.69, 9.17) is 4.42 Å². The number of rotatable bonds is 6. The summed E-state index contributed by atoms with van der Waals surface area (Å²) in [7, 11) is 0. The molecule has 1 aromatic carbocycles. The summed E-state index contributed by atoms with van der Waals surface area (Å²) >= 11 is 0. The van der Waals surface area contributed by atoms with Gasteiger partial charge in [-0.25, -0.2) is 0 Å². The monoisotopic (exact) mass is 355 g/mol. The zero-order valence-electron chi connectivity index (χ0n) is 15.2. The second kappa shape index (κ2) is 8.08. The molecule has 1 aromatic heterocycles. The highest BCUT2D eigenvalue weighted by molar-refractivity contribution is 6.02. The summed E-state index contributed by atoms with van der Waals surface area (Å²) in [6.45, 7) is 5.87. The molecule has 0 aliphatic carbocycles. The minimum atomic E-state index is -0.635. The molecular weight excluding hydrogens is 330 g/mol. The molecule has 138 valence electrons. The Kier molecular flexibility index (Phi) is 5.61. The zero-order chi connectivity index (χ0) is 18.5. The minimum Gasteiger partial charge on any atom is -0.467 e. The Balaban J connectivity index is 1.65. The molecular formula is C20H25N3O3. The summed E-state index contributed by atoms with van der Waals surface area (Å²) < 4.78 is 5.19. The number of benzene rings is 1. The highest BCUT2D eigenvalue weighted by atomic mass is 16.3. The van der Waals surface area contributed by atoms with Crippen LogP contribution in [0.25, 0.3) is 0 Å². The SMILES string of the molecule is Cc1ccc(N2CCCC2)c(C(=O)NC(C)C(=O)NCc2ccco2)c1. The first kappa shape index (κ1) is 18.0. The molecule has 1 atom stereocenters. The molecule has 26 heavy (non-hydrogen) atoms. The summed E-state index contributed by atoms with van der Waals surface area (Å²) in [5.41, 5.74) is 2.58. The fourth-order valence-electron chi connectivity index (χ4n) is 3.15. The Hall–Kier alpha value is -2.76. The van der Waals surface area contributed by atoms with Gasteiger partial charge in [-0.15, -0.1) is 0 Å². The van der Waals surface area contributed by atoms with Gasteiger partial charge in [-0.1, -0.05) is 11.6 Å². The van der Waals surface area contributed by atoms with Crippen LogP contribution in [0.5, 0.6) is 0 Å². The summed E-state index contributed by atoms with van der Waals surface area (Å²) in [4.78, 5) is 27.3. The van der Waals surface area contributed by atoms with E-state index in [1.807, 2.05) is 25.1 Å². The number of nitrogens with zero attached hydrogens (tertiary/aromatic N) is 1. The van der Waals surface area contributed by atoms with Crippen molar-refractivity contribution < 1.29 is 14.0 Å². The molecule has 0 spiro atoms. The van der Waals surface area contributed by atoms with Crippen molar-refractivity contribution in [3.8, 4) is 0 Å². The van der Waals surface area contributed by atoms with Crippen molar-refractivity contribution in [3.05, 3.63) is 53.5 Å². The summed E-state index contributed by atoms with van der Waals surface area (Å²) in [5, 5.41) is 5.57. The Labute approximate surface area is 153 Å². The van der Waals surface area contributed by atoms with Crippen molar-refractivity contribution in [2.24, 2.45) is 0 Å². The van der Waals surface area contributed by atoms with Gasteiger partial charge in [0.05, 0.1) is 18.4 Å². The minimum absolute atomic E-state index is 0.226. The first-order chi connectivity index (χ1) is 12.5. The van der Waals surface area contributed by atoms with Gasteiger partial charge in [0.2, 0.25) is 5.91 Å². The van der Waals surface area contributed by atoms with Gasteiger partial charge < -0.3 is 20.0 Å². The predicted octanol–water partition coefficient (Wildman–Crippen LogP) is 2.62. The lowest BCUT2D eigenvalue weighted by atomic mass is 10.1. The van der Waals surface area contributed by atoms with Gasteiger partial charge >= 0.3 is 0 Å². The van der Waals surface area contributed by atoms with E-state index in [2.05, 4.69) is 15.5 Å². The van der Waals surface area contributed by atoms with Crippen LogP contribution >= 0.6 is 0 Å². The van der Waals surface area contributed by atoms with Gasteiger partial charge in [0.25, 0.3) is 5.91 Å². The topological polar surface area (TPSA) is 74.6 Å². The number of nitrogens with one attached hydrogen (secondary N) is 2. The molecule has 0 bridgehead atoms. The molecule has 3 rings (SSSR count). The van der Waals surface area contributed by atoms with Gasteiger partial charge in [0, 0.05) is 18.8 Å². The lowest BCUT2D eigenvalue weighted by Crippen LogP contribution is -2.44. The second-order valence-corrected chi connectivity index (χ2v) is 6.71. The fourth-order valence-corrected chi connectivity index (χ4v) is 3.15. The van der Waals surface area contributed by atoms with Crippen molar-refractivity contribution in [1.29, 1.82) is 0 Å². The first-order valence-corrected chi connectivity index (χ1v) is 9.01. The van der Waals surface area contributed by atoms with Crippen LogP contribution in [0.2, 0.25) is 0 Å². The number of hydrogen-bond acceptors (Lipinski definition) is 4. The predicted molar refractivity (Wildman–Crippen MR) is 100 cm³/mol. The summed E-state index contributed by atoms with van der Waals surface area (Å²) in [6.07, 6.45) is 3.84. The fraction of sp³-hybridized carbons (Fsp3) is 0.400. The van der Waals surface area contributed by atoms with E-state index in [1.165, 1.54) is 0 Å². The molecule has 1 aliphatic heterocycles. The highest BCUT2D eigenvalue weighted by Gasteiger charge is 2.22. The number of aryl methyl sites for hydroxylation is 1. The number of anilines is 1. The average molecular weight is 355 g/mol. The molecule has 1 fully saturated rings. The third kappa shape index (κ3) is 4.25. The van der Waals surface area contributed by atoms with E-state index >= 15 is 0 Å². The van der Waals surface area contributed by atoms with Crippen LogP contribution in [0, 0.1) is 6.92 Å². The smallest absolute Gasteiger partial charge is 0.254 e. The van der Waals surface area contributed by atoms with Crippen LogP contribution in [0.4, 0.5) is 5.69 Å². The first-order valence-electron chi connectivity index (χ1n) is 9.01. The van der Waals surface area contributed by atoms with E-state index in [0.29, 0.717) is 17.9 Å². The average Bonchev–Trinajstić information content (AvgIpc) is 3.33. The van der Waals surface area contributed by atoms with Crippen molar-refractivity contribution in [2.75, 3.05) is 18.0 Å². The van der Waals surface area contributed by atoms with Gasteiger partial charge in [-0.3, -0.25) is 9.59 Å². The summed E-state index contributed by atoms with van der Waals surface area (Å²) in [5.74, 6) is 0.202. The molecule has 1 unspecified atom stereocenters. The van der Waals surface area contributed by atoms with Crippen molar-refractivity contribution in [3.63, 3.8) is 0 Å². The van der Waals surface area contributed by atoms with Crippen LogP contribution in [0.15, 0.2) is 41.0 Å². The molecule has 1 aliphatic rings. The van der Waals surface area contributed by atoms with Crippen molar-refractivity contribution >= 4 is 17.5 Å². The molecule has 2 aromatic rings. The van der Waals surface area contributed by atoms with Crippen LogP contribution in [0.1, 0.15) is 41.4 Å². The third-order valence-electron chi connectivity index (χ3n) is 4.60. The van der Waals surface area contributed by atoms with E-state index in [-0.39, 0.29) is 11.8 Å². The maximum Gasteiger partial charge on any atom is 0.254 e. The van der Waals surface area contributed by atoms with Crippen LogP contribution in [-0.4, -0.2) is 30.9 Å². The zero-order valence-corrected chi connectivity index (χ0v) is 15.2. The van der Waals surface area contributed by atoms with E-state index in [9.17, 15) is 9.59 Å². The van der Waals surface area contributed by atoms with Crippen LogP contribution in [0.3, 0.4) is 0 Å². The van der Waals surface area contributed by atoms with Gasteiger partial charge in [-0.2, -0.15) is 0 Å². The van der Waals surface area contributed by atoms with E-state index < -0.39 is 6.04 Å². The number of carbonyl (C=O) groups is 2. The Morgan fingerprint density at radius 3 is 2.69 bits per heavy atom. The maximum atomic E-state index is 12.8. The number of amides is 2. The Bertz CT molecular complexity index is 765. The maximum absolute atomic E-state index is 12.8. The van der Waals surface area contributed by atoms with Gasteiger partial charge in [0.15, 0.2) is 0 Å². The highest BCUT2D eigenvalue weighted by Crippen LogP contribution is 2.25. The largest absolute Gasteiger partial charge is 0.467 e. The number of furan rings is 1. The number of carbonyl (C=O) groups excluding carboxylic acids is 2. The molecule has 6 heteroatoms. The molecule has 2 N–H and O–H groups in total. The number of hydrogen-bond donors (Lipinski definition) is 2. The summed E-state index contributed by atoms with van der Waals surface area (Å²) in [6, 6.07) is 8.82. The Morgan fingerprint density at radius 1 is 1.23 bits per heavy atom. The normalized spacial score (nSPS) is 14.9. The van der Waals surface area contributed by atoms with E-state index in [0.717, 1.165) is 37.2 Å². The van der Waals surface area contributed by atoms with Crippen LogP contribution in [-0.2, 0) is 11.3 Å². The van der Waals surface area contributed by atoms with Gasteiger partial charge in [0.1, 0.15) is 11.8 Å². The quantitative estimate of drug-likeness (QED) is 0.835. The molecule has 2 amide bonds. The van der Waals surface area contributed by atoms with Crippen LogP contribution < -0.4 is 15.5 Å². The third-order valence-corrected chi connectivity index (χ3v) is 4.60. The molecule has 0 radical (unpaired) electrons. The van der Waals surface area contributed by atoms with Crippen molar-refractivity contribution in [2.45, 2.75) is 39.3 Å². The molecule has 1 saturated heterocycles. The Morgan fingerprint density at radius 2 is 2.00 bits per heavy atom. The standard InChI is InChI=1S/C20H25N3O3/c1-14-7-8-18(23-9-3-4-10-23)17(12-14)20(25)22-15(2)19(24)21-13-16-6-5-11-26-16/h5-8,11-12,15H,3-4,9-10,13H2,1-2H3,(H,21,24)(H,22,25). The van der Waals surface area contributed by atoms with Gasteiger partial charge in [-0.05, 0) is 51.0 Å². The molecule has 2 heterocycles. The van der Waals surface area contributed by atoms with Crippen molar-refractivity contribution in [1.82, 2.24) is 10.6 Å². The lowest BCUT2D eigenvalue weighted by Gasteiger charge is -2.22. The second-order valence-electron chi connectivity index (χ2n) is 6.71. The lowest BCUT2D eigenvalue weighted by molar-refractivity contribution is -0.122. The molecule has 0 saturated carbocycles. The molecule has 6 nitrogen and oxygen atoms in total.